The number of amides is 1. The molecular weight excluding hydrogens is 336 g/mol. The lowest BCUT2D eigenvalue weighted by molar-refractivity contribution is 0.0430. The third-order valence-electron chi connectivity index (χ3n) is 6.81. The number of hydrogen-bond donors (Lipinski definition) is 2. The largest absolute Gasteiger partial charge is 0.449 e. The van der Waals surface area contributed by atoms with E-state index in [1.54, 1.807) is 0 Å². The van der Waals surface area contributed by atoms with Crippen LogP contribution in [-0.2, 0) is 4.74 Å². The van der Waals surface area contributed by atoms with Crippen molar-refractivity contribution in [2.75, 3.05) is 19.7 Å². The van der Waals surface area contributed by atoms with E-state index in [-0.39, 0.29) is 23.5 Å². The number of piperidine rings is 1. The topological polar surface area (TPSA) is 50.4 Å². The molecule has 1 saturated carbocycles. The number of fused-ring (bicyclic) bond motifs is 3. The summed E-state index contributed by atoms with van der Waals surface area (Å²) in [6.07, 6.45) is 4.40. The molecule has 0 radical (unpaired) electrons. The van der Waals surface area contributed by atoms with Crippen molar-refractivity contribution in [3.63, 3.8) is 0 Å². The zero-order chi connectivity index (χ0) is 18.3. The van der Waals surface area contributed by atoms with Gasteiger partial charge in [0.25, 0.3) is 0 Å². The summed E-state index contributed by atoms with van der Waals surface area (Å²) in [6, 6.07) is 17.1. The number of benzene rings is 2. The third-order valence-corrected chi connectivity index (χ3v) is 6.81. The molecule has 27 heavy (non-hydrogen) atoms. The summed E-state index contributed by atoms with van der Waals surface area (Å²) in [5.41, 5.74) is 5.28. The van der Waals surface area contributed by atoms with Gasteiger partial charge in [-0.15, -0.1) is 0 Å². The van der Waals surface area contributed by atoms with Gasteiger partial charge < -0.3 is 15.4 Å². The zero-order valence-corrected chi connectivity index (χ0v) is 15.5. The lowest BCUT2D eigenvalue weighted by Gasteiger charge is -2.50. The summed E-state index contributed by atoms with van der Waals surface area (Å²) in [6.45, 7) is 2.37. The van der Waals surface area contributed by atoms with Crippen LogP contribution in [0, 0.1) is 5.41 Å². The highest BCUT2D eigenvalue weighted by Crippen LogP contribution is 2.46. The van der Waals surface area contributed by atoms with E-state index in [9.17, 15) is 4.79 Å². The minimum atomic E-state index is -0.268. The van der Waals surface area contributed by atoms with E-state index in [2.05, 4.69) is 59.2 Å². The Morgan fingerprint density at radius 3 is 2.37 bits per heavy atom. The highest BCUT2D eigenvalue weighted by Gasteiger charge is 2.46. The van der Waals surface area contributed by atoms with Crippen LogP contribution in [-0.4, -0.2) is 31.8 Å². The second kappa shape index (κ2) is 6.68. The fourth-order valence-electron chi connectivity index (χ4n) is 5.18. The van der Waals surface area contributed by atoms with Crippen molar-refractivity contribution in [2.24, 2.45) is 5.41 Å². The van der Waals surface area contributed by atoms with Gasteiger partial charge in [0.15, 0.2) is 0 Å². The van der Waals surface area contributed by atoms with Crippen LogP contribution in [0.3, 0.4) is 0 Å². The summed E-state index contributed by atoms with van der Waals surface area (Å²) in [5, 5.41) is 6.67. The van der Waals surface area contributed by atoms with Gasteiger partial charge in [-0.1, -0.05) is 55.0 Å². The van der Waals surface area contributed by atoms with E-state index in [1.165, 1.54) is 41.5 Å². The Hall–Kier alpha value is -2.33. The number of hydrogen-bond acceptors (Lipinski definition) is 3. The lowest BCUT2D eigenvalue weighted by atomic mass is 9.62. The molecule has 1 atom stereocenters. The van der Waals surface area contributed by atoms with Crippen LogP contribution in [0.1, 0.15) is 42.7 Å². The molecule has 1 spiro atoms. The van der Waals surface area contributed by atoms with Gasteiger partial charge in [0.2, 0.25) is 0 Å². The molecular formula is C23H26N2O2. The SMILES string of the molecule is O=C(NC1CCNCC12CCC2)OCC1c2ccccc2-c2ccccc21. The maximum atomic E-state index is 12.6. The van der Waals surface area contributed by atoms with Gasteiger partial charge in [-0.2, -0.15) is 0 Å². The van der Waals surface area contributed by atoms with Crippen molar-refractivity contribution in [3.05, 3.63) is 59.7 Å². The first-order valence-corrected chi connectivity index (χ1v) is 10.1. The molecule has 0 aromatic heterocycles. The molecule has 1 heterocycles. The van der Waals surface area contributed by atoms with Gasteiger partial charge in [0, 0.05) is 23.9 Å². The first-order valence-electron chi connectivity index (χ1n) is 10.1. The minimum Gasteiger partial charge on any atom is -0.449 e. The molecule has 4 heteroatoms. The van der Waals surface area contributed by atoms with Crippen LogP contribution in [0.25, 0.3) is 11.1 Å². The Balaban J connectivity index is 1.28. The van der Waals surface area contributed by atoms with E-state index < -0.39 is 0 Å². The predicted molar refractivity (Wildman–Crippen MR) is 106 cm³/mol. The van der Waals surface area contributed by atoms with Crippen molar-refractivity contribution in [3.8, 4) is 11.1 Å². The Morgan fingerprint density at radius 2 is 1.74 bits per heavy atom. The molecule has 2 N–H and O–H groups in total. The monoisotopic (exact) mass is 362 g/mol. The van der Waals surface area contributed by atoms with Gasteiger partial charge in [-0.3, -0.25) is 0 Å². The van der Waals surface area contributed by atoms with Crippen LogP contribution >= 0.6 is 0 Å². The van der Waals surface area contributed by atoms with Crippen LogP contribution in [0.4, 0.5) is 4.79 Å². The fourth-order valence-corrected chi connectivity index (χ4v) is 5.18. The summed E-state index contributed by atoms with van der Waals surface area (Å²) in [5.74, 6) is 0.119. The third kappa shape index (κ3) is 2.83. The number of nitrogens with one attached hydrogen (secondary N) is 2. The van der Waals surface area contributed by atoms with Crippen LogP contribution in [0.5, 0.6) is 0 Å². The maximum Gasteiger partial charge on any atom is 0.407 e. The van der Waals surface area contributed by atoms with Gasteiger partial charge in [0.05, 0.1) is 0 Å². The molecule has 1 aliphatic heterocycles. The van der Waals surface area contributed by atoms with Crippen molar-refractivity contribution >= 4 is 6.09 Å². The van der Waals surface area contributed by atoms with Crippen LogP contribution in [0.15, 0.2) is 48.5 Å². The highest BCUT2D eigenvalue weighted by molar-refractivity contribution is 5.79. The van der Waals surface area contributed by atoms with Gasteiger partial charge in [0.1, 0.15) is 6.61 Å². The summed E-state index contributed by atoms with van der Waals surface area (Å²) >= 11 is 0. The van der Waals surface area contributed by atoms with Crippen molar-refractivity contribution in [2.45, 2.75) is 37.6 Å². The summed E-state index contributed by atoms with van der Waals surface area (Å²) in [7, 11) is 0. The van der Waals surface area contributed by atoms with Crippen molar-refractivity contribution in [1.82, 2.24) is 10.6 Å². The molecule has 3 aliphatic rings. The number of ether oxygens (including phenoxy) is 1. The Labute approximate surface area is 160 Å². The summed E-state index contributed by atoms with van der Waals surface area (Å²) in [4.78, 5) is 12.6. The first-order chi connectivity index (χ1) is 13.3. The molecule has 4 nitrogen and oxygen atoms in total. The second-order valence-electron chi connectivity index (χ2n) is 8.20. The van der Waals surface area contributed by atoms with Crippen molar-refractivity contribution < 1.29 is 9.53 Å². The molecule has 1 amide bonds. The lowest BCUT2D eigenvalue weighted by Crippen LogP contribution is -2.60. The van der Waals surface area contributed by atoms with Crippen LogP contribution < -0.4 is 10.6 Å². The van der Waals surface area contributed by atoms with Gasteiger partial charge in [-0.05, 0) is 48.1 Å². The maximum absolute atomic E-state index is 12.6. The Kier molecular flexibility index (Phi) is 4.16. The molecule has 1 saturated heterocycles. The van der Waals surface area contributed by atoms with E-state index in [1.807, 2.05) is 0 Å². The van der Waals surface area contributed by atoms with E-state index >= 15 is 0 Å². The molecule has 0 bridgehead atoms. The normalized spacial score (nSPS) is 22.6. The minimum absolute atomic E-state index is 0.119. The Bertz CT molecular complexity index is 813. The number of alkyl carbamates (subject to hydrolysis) is 1. The average molecular weight is 362 g/mol. The average Bonchev–Trinajstić information content (AvgIpc) is 2.99. The molecule has 2 aromatic rings. The van der Waals surface area contributed by atoms with Crippen LogP contribution in [0.2, 0.25) is 0 Å². The van der Waals surface area contributed by atoms with Gasteiger partial charge in [-0.25, -0.2) is 4.79 Å². The number of carbonyl (C=O) groups excluding carboxylic acids is 1. The molecule has 2 aromatic carbocycles. The predicted octanol–water partition coefficient (Wildman–Crippen LogP) is 4.06. The number of rotatable bonds is 3. The van der Waals surface area contributed by atoms with E-state index in [0.717, 1.165) is 19.5 Å². The Morgan fingerprint density at radius 1 is 1.07 bits per heavy atom. The standard InChI is InChI=1S/C23H26N2O2/c26-22(25-21-10-13-24-15-23(21)11-5-12-23)27-14-20-18-8-3-1-6-16(18)17-7-2-4-9-19(17)20/h1-4,6-9,20-21,24H,5,10-15H2,(H,25,26). The molecule has 140 valence electrons. The van der Waals surface area contributed by atoms with E-state index in [0.29, 0.717) is 6.61 Å². The molecule has 1 unspecified atom stereocenters. The fraction of sp³-hybridized carbons (Fsp3) is 0.435. The zero-order valence-electron chi connectivity index (χ0n) is 15.5. The molecule has 2 fully saturated rings. The molecule has 5 rings (SSSR count). The van der Waals surface area contributed by atoms with E-state index in [4.69, 9.17) is 4.74 Å². The first kappa shape index (κ1) is 16.8. The van der Waals surface area contributed by atoms with Gasteiger partial charge >= 0.3 is 6.09 Å². The second-order valence-corrected chi connectivity index (χ2v) is 8.20. The number of carbonyl (C=O) groups is 1. The smallest absolute Gasteiger partial charge is 0.407 e. The molecule has 2 aliphatic carbocycles. The highest BCUT2D eigenvalue weighted by atomic mass is 16.5. The van der Waals surface area contributed by atoms with Crippen molar-refractivity contribution in [1.29, 1.82) is 0 Å². The summed E-state index contributed by atoms with van der Waals surface area (Å²) < 4.78 is 5.73. The quantitative estimate of drug-likeness (QED) is 0.866.